The molecule has 0 saturated heterocycles. The minimum atomic E-state index is -0.763. The van der Waals surface area contributed by atoms with Crippen LogP contribution in [0.3, 0.4) is 0 Å². The van der Waals surface area contributed by atoms with Crippen LogP contribution in [-0.2, 0) is 32.1 Å². The van der Waals surface area contributed by atoms with E-state index >= 15 is 0 Å². The van der Waals surface area contributed by atoms with E-state index in [0.717, 1.165) is 29.7 Å². The van der Waals surface area contributed by atoms with Gasteiger partial charge < -0.3 is 19.1 Å². The van der Waals surface area contributed by atoms with Crippen molar-refractivity contribution >= 4 is 23.7 Å². The van der Waals surface area contributed by atoms with Crippen LogP contribution in [0.2, 0.25) is 0 Å². The Bertz CT molecular complexity index is 1340. The van der Waals surface area contributed by atoms with Gasteiger partial charge in [0, 0.05) is 24.3 Å². The highest BCUT2D eigenvalue weighted by Gasteiger charge is 2.30. The molecule has 1 heterocycles. The van der Waals surface area contributed by atoms with Crippen LogP contribution in [-0.4, -0.2) is 53.7 Å². The molecular formula is C35H47FN2O6. The van der Waals surface area contributed by atoms with Gasteiger partial charge in [-0.25, -0.2) is 9.18 Å². The maximum atomic E-state index is 14.9. The zero-order valence-corrected chi connectivity index (χ0v) is 27.0. The monoisotopic (exact) mass is 610 g/mol. The number of fused-ring (bicyclic) bond motifs is 1. The third-order valence-electron chi connectivity index (χ3n) is 7.78. The third kappa shape index (κ3) is 9.44. The lowest BCUT2D eigenvalue weighted by molar-refractivity contribution is -0.155. The molecule has 1 fully saturated rings. The van der Waals surface area contributed by atoms with Crippen molar-refractivity contribution in [2.24, 2.45) is 0 Å². The molecule has 44 heavy (non-hydrogen) atoms. The number of hydrogen-bond donors (Lipinski definition) is 0. The Morgan fingerprint density at radius 2 is 1.64 bits per heavy atom. The lowest BCUT2D eigenvalue weighted by Gasteiger charge is -2.29. The molecule has 2 aromatic carbocycles. The number of nitrogens with zero attached hydrogens (tertiary/aromatic N) is 2. The van der Waals surface area contributed by atoms with Crippen LogP contribution in [0.4, 0.5) is 14.9 Å². The topological polar surface area (TPSA) is 85.4 Å². The fraction of sp³-hybridized carbons (Fsp3) is 0.571. The number of ether oxygens (including phenoxy) is 3. The van der Waals surface area contributed by atoms with E-state index in [1.54, 1.807) is 58.6 Å². The van der Waals surface area contributed by atoms with Gasteiger partial charge in [-0.05, 0) is 102 Å². The van der Waals surface area contributed by atoms with E-state index in [4.69, 9.17) is 14.2 Å². The summed E-state index contributed by atoms with van der Waals surface area (Å²) in [7, 11) is 0. The highest BCUT2D eigenvalue weighted by atomic mass is 19.1. The summed E-state index contributed by atoms with van der Waals surface area (Å²) in [5.41, 5.74) is 1.84. The van der Waals surface area contributed by atoms with Gasteiger partial charge in [0.2, 0.25) is 5.91 Å². The number of rotatable bonds is 9. The minimum absolute atomic E-state index is 0.0127. The maximum absolute atomic E-state index is 14.9. The average Bonchev–Trinajstić information content (AvgIpc) is 3.36. The van der Waals surface area contributed by atoms with Gasteiger partial charge >= 0.3 is 12.1 Å². The van der Waals surface area contributed by atoms with Crippen molar-refractivity contribution in [1.29, 1.82) is 0 Å². The van der Waals surface area contributed by atoms with Gasteiger partial charge in [0.15, 0.2) is 0 Å². The molecule has 0 radical (unpaired) electrons. The molecule has 2 amide bonds. The quantitative estimate of drug-likeness (QED) is 0.277. The van der Waals surface area contributed by atoms with E-state index in [1.165, 1.54) is 24.2 Å². The minimum Gasteiger partial charge on any atom is -0.489 e. The van der Waals surface area contributed by atoms with Crippen molar-refractivity contribution in [3.63, 3.8) is 0 Å². The van der Waals surface area contributed by atoms with Gasteiger partial charge in [0.1, 0.15) is 35.9 Å². The van der Waals surface area contributed by atoms with Crippen molar-refractivity contribution in [3.8, 4) is 5.75 Å². The van der Waals surface area contributed by atoms with E-state index < -0.39 is 23.3 Å². The number of esters is 1. The number of carbonyl (C=O) groups is 3. The highest BCUT2D eigenvalue weighted by Crippen LogP contribution is 2.34. The van der Waals surface area contributed by atoms with Crippen LogP contribution in [0.25, 0.3) is 0 Å². The Labute approximate surface area is 260 Å². The molecule has 0 atom stereocenters. The fourth-order valence-electron chi connectivity index (χ4n) is 5.69. The lowest BCUT2D eigenvalue weighted by atomic mass is 9.84. The molecule has 4 rings (SSSR count). The number of benzene rings is 2. The molecule has 1 aliphatic heterocycles. The zero-order chi connectivity index (χ0) is 32.1. The van der Waals surface area contributed by atoms with E-state index in [1.807, 2.05) is 24.3 Å². The van der Waals surface area contributed by atoms with Crippen molar-refractivity contribution < 1.29 is 33.0 Å². The van der Waals surface area contributed by atoms with Gasteiger partial charge in [-0.15, -0.1) is 0 Å². The van der Waals surface area contributed by atoms with E-state index in [2.05, 4.69) is 0 Å². The molecule has 2 aromatic rings. The predicted molar refractivity (Wildman–Crippen MR) is 167 cm³/mol. The summed E-state index contributed by atoms with van der Waals surface area (Å²) in [6.45, 7) is 10.9. The Kier molecular flexibility index (Phi) is 10.6. The van der Waals surface area contributed by atoms with Crippen LogP contribution >= 0.6 is 0 Å². The second-order valence-electron chi connectivity index (χ2n) is 13.8. The molecule has 0 spiro atoms. The van der Waals surface area contributed by atoms with E-state index in [-0.39, 0.29) is 37.8 Å². The van der Waals surface area contributed by atoms with Crippen molar-refractivity contribution in [3.05, 3.63) is 58.9 Å². The third-order valence-corrected chi connectivity index (χ3v) is 7.78. The number of amides is 2. The first-order chi connectivity index (χ1) is 20.7. The molecule has 8 nitrogen and oxygen atoms in total. The number of hydrogen-bond acceptors (Lipinski definition) is 6. The second kappa shape index (κ2) is 14.0. The predicted octanol–water partition coefficient (Wildman–Crippen LogP) is 7.31. The van der Waals surface area contributed by atoms with Crippen LogP contribution < -0.4 is 9.64 Å². The first kappa shape index (κ1) is 33.3. The fourth-order valence-corrected chi connectivity index (χ4v) is 5.69. The van der Waals surface area contributed by atoms with Crippen molar-refractivity contribution in [1.82, 2.24) is 4.90 Å². The summed E-state index contributed by atoms with van der Waals surface area (Å²) >= 11 is 0. The molecule has 1 saturated carbocycles. The average molecular weight is 611 g/mol. The van der Waals surface area contributed by atoms with Crippen LogP contribution in [0.1, 0.15) is 103 Å². The normalized spacial score (nSPS) is 15.5. The summed E-state index contributed by atoms with van der Waals surface area (Å²) in [4.78, 5) is 41.6. The first-order valence-electron chi connectivity index (χ1n) is 15.7. The zero-order valence-electron chi connectivity index (χ0n) is 27.0. The van der Waals surface area contributed by atoms with Crippen molar-refractivity contribution in [2.45, 2.75) is 110 Å². The van der Waals surface area contributed by atoms with Gasteiger partial charge in [-0.1, -0.05) is 31.4 Å². The van der Waals surface area contributed by atoms with Gasteiger partial charge in [-0.3, -0.25) is 14.5 Å². The Morgan fingerprint density at radius 1 is 0.932 bits per heavy atom. The molecule has 2 aliphatic rings. The molecule has 0 N–H and O–H groups in total. The molecule has 240 valence electrons. The molecule has 0 unspecified atom stereocenters. The van der Waals surface area contributed by atoms with Gasteiger partial charge in [0.05, 0.1) is 6.42 Å². The number of halogens is 1. The standard InChI is InChI=1S/C35H47FN2O6/c1-34(2,3)43-32(40)17-18-37(33(41)44-35(4,5)6)22-31(39)38-19-16-26-20-28(14-15-30(26)38)42-23-27-13-12-25(21-29(27)36)24-10-8-7-9-11-24/h12-15,20-21,24H,7-11,16-19,22-23H2,1-6H3. The largest absolute Gasteiger partial charge is 0.489 e. The summed E-state index contributed by atoms with van der Waals surface area (Å²) in [5, 5.41) is 0. The molecular weight excluding hydrogens is 563 g/mol. The SMILES string of the molecule is CC(C)(C)OC(=O)CCN(CC(=O)N1CCc2cc(OCc3ccc(C4CCCCC4)cc3F)ccc21)C(=O)OC(C)(C)C. The highest BCUT2D eigenvalue weighted by molar-refractivity contribution is 5.98. The molecule has 0 aromatic heterocycles. The second-order valence-corrected chi connectivity index (χ2v) is 13.8. The molecule has 9 heteroatoms. The Balaban J connectivity index is 1.38. The van der Waals surface area contributed by atoms with E-state index in [0.29, 0.717) is 30.2 Å². The van der Waals surface area contributed by atoms with Crippen molar-refractivity contribution in [2.75, 3.05) is 24.5 Å². The first-order valence-corrected chi connectivity index (χ1v) is 15.7. The summed E-state index contributed by atoms with van der Waals surface area (Å²) in [5.74, 6) is 0.0516. The number of carbonyl (C=O) groups excluding carboxylic acids is 3. The summed E-state index contributed by atoms with van der Waals surface area (Å²) < 4.78 is 31.7. The van der Waals surface area contributed by atoms with Crippen LogP contribution in [0, 0.1) is 5.82 Å². The van der Waals surface area contributed by atoms with E-state index in [9.17, 15) is 18.8 Å². The van der Waals surface area contributed by atoms with Gasteiger partial charge in [0.25, 0.3) is 0 Å². The smallest absolute Gasteiger partial charge is 0.410 e. The lowest BCUT2D eigenvalue weighted by Crippen LogP contribution is -2.45. The maximum Gasteiger partial charge on any atom is 0.410 e. The summed E-state index contributed by atoms with van der Waals surface area (Å²) in [6, 6.07) is 11.0. The summed E-state index contributed by atoms with van der Waals surface area (Å²) in [6.07, 6.45) is 5.79. The van der Waals surface area contributed by atoms with Gasteiger partial charge in [-0.2, -0.15) is 0 Å². The number of anilines is 1. The Morgan fingerprint density at radius 3 is 2.30 bits per heavy atom. The molecule has 0 bridgehead atoms. The Hall–Kier alpha value is -3.62. The van der Waals surface area contributed by atoms with Crippen LogP contribution in [0.15, 0.2) is 36.4 Å². The molecule has 1 aliphatic carbocycles. The van der Waals surface area contributed by atoms with Crippen LogP contribution in [0.5, 0.6) is 5.75 Å².